The van der Waals surface area contributed by atoms with Crippen LogP contribution >= 0.6 is 0 Å². The fraction of sp³-hybridized carbons (Fsp3) is 0.877. The number of benzene rings is 1. The topological polar surface area (TPSA) is 71.1 Å². The lowest BCUT2D eigenvalue weighted by atomic mass is 10.0. The number of hydrogen-bond donors (Lipinski definition) is 0. The van der Waals surface area contributed by atoms with Crippen molar-refractivity contribution in [3.63, 3.8) is 0 Å². The number of hydrogen-bond acceptors (Lipinski definition) is 6. The molecule has 0 spiro atoms. The second-order valence-electron chi connectivity index (χ2n) is 21.6. The van der Waals surface area contributed by atoms with Crippen LogP contribution in [0, 0.1) is 0 Å². The predicted octanol–water partition coefficient (Wildman–Crippen LogP) is 21.1. The largest absolute Gasteiger partial charge is 0.490 e. The summed E-state index contributed by atoms with van der Waals surface area (Å²) in [6, 6.07) is 3.95. The molecule has 0 aliphatic heterocycles. The van der Waals surface area contributed by atoms with Crippen LogP contribution in [0.25, 0.3) is 0 Å². The molecule has 1 atom stereocenters. The molecule has 71 heavy (non-hydrogen) atoms. The van der Waals surface area contributed by atoms with E-state index < -0.39 is 6.10 Å². The van der Waals surface area contributed by atoms with Gasteiger partial charge >= 0.3 is 0 Å². The zero-order valence-corrected chi connectivity index (χ0v) is 47.7. The van der Waals surface area contributed by atoms with Crippen LogP contribution in [0.15, 0.2) is 12.1 Å². The van der Waals surface area contributed by atoms with Crippen LogP contribution in [0.5, 0.6) is 17.2 Å². The highest BCUT2D eigenvalue weighted by molar-refractivity contribution is 5.65. The van der Waals surface area contributed by atoms with Crippen LogP contribution in [-0.4, -0.2) is 38.5 Å². The number of rotatable bonds is 60. The first-order valence-electron chi connectivity index (χ1n) is 31.6. The van der Waals surface area contributed by atoms with Crippen LogP contribution in [0.1, 0.15) is 341 Å². The van der Waals surface area contributed by atoms with E-state index in [0.717, 1.165) is 44.1 Å². The Morgan fingerprint density at radius 1 is 0.338 bits per heavy atom. The van der Waals surface area contributed by atoms with Crippen LogP contribution < -0.4 is 14.2 Å². The van der Waals surface area contributed by atoms with Crippen molar-refractivity contribution < 1.29 is 28.5 Å². The molecule has 1 unspecified atom stereocenters. The number of carbonyl (C=O) groups excluding carboxylic acids is 2. The quantitative estimate of drug-likeness (QED) is 0.0606. The lowest BCUT2D eigenvalue weighted by molar-refractivity contribution is 0.0860. The maximum Gasteiger partial charge on any atom is 0.230 e. The Bertz CT molecular complexity index is 1180. The van der Waals surface area contributed by atoms with Crippen molar-refractivity contribution in [2.24, 2.45) is 0 Å². The Hall–Kier alpha value is -2.08. The second-order valence-corrected chi connectivity index (χ2v) is 21.6. The summed E-state index contributed by atoms with van der Waals surface area (Å²) in [6.45, 7) is 8.87. The maximum absolute atomic E-state index is 11.5. The van der Waals surface area contributed by atoms with Gasteiger partial charge in [-0.25, -0.2) is 0 Å². The van der Waals surface area contributed by atoms with Gasteiger partial charge in [-0.2, -0.15) is 0 Å². The lowest BCUT2D eigenvalue weighted by Gasteiger charge is -2.19. The summed E-state index contributed by atoms with van der Waals surface area (Å²) < 4.78 is 25.5. The maximum atomic E-state index is 11.5. The molecule has 0 bridgehead atoms. The van der Waals surface area contributed by atoms with Gasteiger partial charge in [0.05, 0.1) is 26.4 Å². The fourth-order valence-corrected chi connectivity index (χ4v) is 9.97. The van der Waals surface area contributed by atoms with E-state index in [9.17, 15) is 9.59 Å². The van der Waals surface area contributed by atoms with Crippen molar-refractivity contribution in [1.82, 2.24) is 0 Å². The highest BCUT2D eigenvalue weighted by Crippen LogP contribution is 2.40. The molecular formula is C65H118O6. The van der Waals surface area contributed by atoms with Gasteiger partial charge in [0.2, 0.25) is 18.3 Å². The van der Waals surface area contributed by atoms with Gasteiger partial charge in [0.15, 0.2) is 11.5 Å². The van der Waals surface area contributed by atoms with Crippen LogP contribution in [0.3, 0.4) is 0 Å². The molecular weight excluding hydrogens is 877 g/mol. The van der Waals surface area contributed by atoms with Crippen molar-refractivity contribution >= 4 is 12.6 Å². The third kappa shape index (κ3) is 45.1. The Morgan fingerprint density at radius 3 is 0.817 bits per heavy atom. The van der Waals surface area contributed by atoms with Gasteiger partial charge in [0.25, 0.3) is 0 Å². The van der Waals surface area contributed by atoms with Gasteiger partial charge in [-0.15, -0.1) is 0 Å². The zero-order valence-electron chi connectivity index (χ0n) is 47.7. The van der Waals surface area contributed by atoms with Gasteiger partial charge in [0.1, 0.15) is 6.10 Å². The van der Waals surface area contributed by atoms with Gasteiger partial charge in [-0.3, -0.25) is 9.59 Å². The highest BCUT2D eigenvalue weighted by Gasteiger charge is 2.18. The standard InChI is InChI=1S/C65H118O6/c1-4-7-10-13-16-19-22-25-28-31-34-37-40-43-46-49-54-68-63-57-61(60-71-62(59-67)52-53-66)58-64(69-55-50-47-44-41-38-35-32-29-26-23-20-17-14-11-8-5-2)65(63)70-56-51-48-45-42-39-36-33-30-27-24-21-18-15-12-9-6-3/h57-58,62H,4-52,54-56,60H2,1-3H3. The second kappa shape index (κ2) is 55.7. The molecule has 0 fully saturated rings. The van der Waals surface area contributed by atoms with Crippen molar-refractivity contribution in [1.29, 1.82) is 0 Å². The van der Waals surface area contributed by atoms with E-state index in [0.29, 0.717) is 37.1 Å². The van der Waals surface area contributed by atoms with E-state index in [4.69, 9.17) is 18.9 Å². The molecule has 0 saturated heterocycles. The van der Waals surface area contributed by atoms with E-state index in [1.807, 2.05) is 18.4 Å². The first-order chi connectivity index (χ1) is 35.2. The molecule has 0 aromatic heterocycles. The summed E-state index contributed by atoms with van der Waals surface area (Å²) in [7, 11) is 0. The number of unbranched alkanes of at least 4 members (excludes halogenated alkanes) is 45. The molecule has 1 rings (SSSR count). The molecule has 6 heteroatoms. The first kappa shape index (κ1) is 66.9. The molecule has 1 aromatic carbocycles. The van der Waals surface area contributed by atoms with Crippen molar-refractivity contribution in [3.05, 3.63) is 17.7 Å². The molecule has 6 nitrogen and oxygen atoms in total. The average molecular weight is 996 g/mol. The van der Waals surface area contributed by atoms with Gasteiger partial charge in [-0.1, -0.05) is 310 Å². The molecule has 414 valence electrons. The van der Waals surface area contributed by atoms with E-state index in [1.165, 1.54) is 270 Å². The van der Waals surface area contributed by atoms with E-state index in [1.54, 1.807) is 6.29 Å². The lowest BCUT2D eigenvalue weighted by Crippen LogP contribution is -2.15. The third-order valence-corrected chi connectivity index (χ3v) is 14.7. The molecule has 0 aliphatic rings. The van der Waals surface area contributed by atoms with E-state index in [2.05, 4.69) is 20.8 Å². The molecule has 0 aliphatic carbocycles. The summed E-state index contributed by atoms with van der Waals surface area (Å²) in [6.07, 6.45) is 66.8. The summed E-state index contributed by atoms with van der Waals surface area (Å²) in [5, 5.41) is 0. The van der Waals surface area contributed by atoms with Crippen molar-refractivity contribution in [2.75, 3.05) is 19.8 Å². The Labute approximate surface area is 442 Å². The van der Waals surface area contributed by atoms with Gasteiger partial charge in [0, 0.05) is 6.42 Å². The van der Waals surface area contributed by atoms with Crippen LogP contribution in [0.2, 0.25) is 0 Å². The summed E-state index contributed by atoms with van der Waals surface area (Å²) in [5.74, 6) is 2.04. The smallest absolute Gasteiger partial charge is 0.230 e. The Morgan fingerprint density at radius 2 is 0.577 bits per heavy atom. The molecule has 2 radical (unpaired) electrons. The SMILES string of the molecule is CCCCCCCCCCCCCCCCCCOc1cc(COC([C]=O)C[C]=O)cc(OCCCCCCCCCCCCCCCCCC)c1OCCCCCCCCCCCCCCCCCC. The highest BCUT2D eigenvalue weighted by atomic mass is 16.5. The summed E-state index contributed by atoms with van der Waals surface area (Å²) in [5.41, 5.74) is 0.829. The average Bonchev–Trinajstić information content (AvgIpc) is 3.38. The predicted molar refractivity (Wildman–Crippen MR) is 306 cm³/mol. The van der Waals surface area contributed by atoms with E-state index in [-0.39, 0.29) is 13.0 Å². The van der Waals surface area contributed by atoms with Crippen LogP contribution in [0.4, 0.5) is 0 Å². The Kier molecular flexibility index (Phi) is 52.5. The normalized spacial score (nSPS) is 11.9. The number of ether oxygens (including phenoxy) is 4. The summed E-state index contributed by atoms with van der Waals surface area (Å²) in [4.78, 5) is 22.6. The fourth-order valence-electron chi connectivity index (χ4n) is 9.97. The molecule has 0 heterocycles. The minimum atomic E-state index is -0.942. The molecule has 0 amide bonds. The van der Waals surface area contributed by atoms with Gasteiger partial charge in [-0.05, 0) is 37.0 Å². The van der Waals surface area contributed by atoms with Crippen molar-refractivity contribution in [3.8, 4) is 17.2 Å². The minimum absolute atomic E-state index is 0.130. The van der Waals surface area contributed by atoms with E-state index >= 15 is 0 Å². The molecule has 1 aromatic rings. The zero-order chi connectivity index (χ0) is 51.0. The molecule has 0 saturated carbocycles. The summed E-state index contributed by atoms with van der Waals surface area (Å²) >= 11 is 0. The Balaban J connectivity index is 2.66. The third-order valence-electron chi connectivity index (χ3n) is 14.7. The molecule has 0 N–H and O–H groups in total. The first-order valence-corrected chi connectivity index (χ1v) is 31.6. The monoisotopic (exact) mass is 995 g/mol. The minimum Gasteiger partial charge on any atom is -0.490 e. The van der Waals surface area contributed by atoms with Crippen molar-refractivity contribution in [2.45, 2.75) is 348 Å². The van der Waals surface area contributed by atoms with Gasteiger partial charge < -0.3 is 18.9 Å². The van der Waals surface area contributed by atoms with Crippen LogP contribution in [-0.2, 0) is 20.9 Å².